The molecule has 0 spiro atoms. The van der Waals surface area contributed by atoms with Gasteiger partial charge in [0.05, 0.1) is 0 Å². The fraction of sp³-hybridized carbons (Fsp3) is 0.900. The molecule has 26 heavy (non-hydrogen) atoms. The monoisotopic (exact) mass is 374 g/mol. The third kappa shape index (κ3) is 20.9. The first-order valence-electron chi connectivity index (χ1n) is 10.4. The van der Waals surface area contributed by atoms with Crippen molar-refractivity contribution in [3.63, 3.8) is 0 Å². The van der Waals surface area contributed by atoms with Crippen molar-refractivity contribution in [2.24, 2.45) is 17.4 Å². The number of rotatable bonds is 17. The van der Waals surface area contributed by atoms with E-state index in [1.807, 2.05) is 0 Å². The zero-order valence-corrected chi connectivity index (χ0v) is 16.8. The minimum atomic E-state index is -1.23. The van der Waals surface area contributed by atoms with Gasteiger partial charge in [0.25, 0.3) is 0 Å². The second-order valence-corrected chi connectivity index (χ2v) is 6.84. The van der Waals surface area contributed by atoms with Gasteiger partial charge in [-0.15, -0.1) is 0 Å². The van der Waals surface area contributed by atoms with Crippen molar-refractivity contribution in [1.29, 1.82) is 0 Å². The highest BCUT2D eigenvalue weighted by Crippen LogP contribution is 2.14. The Bertz CT molecular complexity index is 305. The first-order valence-corrected chi connectivity index (χ1v) is 10.4. The molecule has 0 bridgehead atoms. The van der Waals surface area contributed by atoms with Crippen molar-refractivity contribution in [2.45, 2.75) is 96.8 Å². The van der Waals surface area contributed by atoms with E-state index in [2.05, 4.69) is 6.92 Å². The minimum Gasteiger partial charge on any atom is -0.481 e. The maximum Gasteiger partial charge on any atom is 0.317 e. The van der Waals surface area contributed by atoms with Crippen molar-refractivity contribution in [3.8, 4) is 0 Å². The molecule has 0 atom stereocenters. The highest BCUT2D eigenvalue weighted by Gasteiger charge is 2.24. The SMILES string of the molecule is CCCCCCCCCCCC(C(=O)O)C(=O)O.NCCCCCCN. The summed E-state index contributed by atoms with van der Waals surface area (Å²) < 4.78 is 0. The van der Waals surface area contributed by atoms with Crippen LogP contribution in [0, 0.1) is 5.92 Å². The zero-order valence-electron chi connectivity index (χ0n) is 16.8. The molecule has 156 valence electrons. The fourth-order valence-corrected chi connectivity index (χ4v) is 2.65. The van der Waals surface area contributed by atoms with Crippen LogP contribution in [0.3, 0.4) is 0 Å². The highest BCUT2D eigenvalue weighted by molar-refractivity contribution is 5.92. The summed E-state index contributed by atoms with van der Waals surface area (Å²) >= 11 is 0. The van der Waals surface area contributed by atoms with Crippen LogP contribution < -0.4 is 11.5 Å². The predicted molar refractivity (Wildman–Crippen MR) is 107 cm³/mol. The van der Waals surface area contributed by atoms with Crippen molar-refractivity contribution in [1.82, 2.24) is 0 Å². The topological polar surface area (TPSA) is 127 Å². The van der Waals surface area contributed by atoms with Gasteiger partial charge in [-0.3, -0.25) is 9.59 Å². The summed E-state index contributed by atoms with van der Waals surface area (Å²) in [5.41, 5.74) is 10.6. The molecule has 0 aromatic rings. The van der Waals surface area contributed by atoms with Crippen LogP contribution in [-0.2, 0) is 9.59 Å². The summed E-state index contributed by atoms with van der Waals surface area (Å²) in [5, 5.41) is 17.4. The maximum atomic E-state index is 10.6. The molecule has 0 rings (SSSR count). The van der Waals surface area contributed by atoms with E-state index < -0.39 is 17.9 Å². The van der Waals surface area contributed by atoms with E-state index in [0.717, 1.165) is 38.8 Å². The van der Waals surface area contributed by atoms with Gasteiger partial charge in [-0.05, 0) is 32.4 Å². The Morgan fingerprint density at radius 2 is 1.00 bits per heavy atom. The van der Waals surface area contributed by atoms with Gasteiger partial charge in [0.15, 0.2) is 5.92 Å². The largest absolute Gasteiger partial charge is 0.481 e. The summed E-state index contributed by atoms with van der Waals surface area (Å²) in [6.45, 7) is 3.84. The van der Waals surface area contributed by atoms with Crippen LogP contribution in [0.4, 0.5) is 0 Å². The normalized spacial score (nSPS) is 10.5. The molecule has 0 aliphatic heterocycles. The van der Waals surface area contributed by atoms with Gasteiger partial charge in [-0.25, -0.2) is 0 Å². The van der Waals surface area contributed by atoms with E-state index in [-0.39, 0.29) is 6.42 Å². The van der Waals surface area contributed by atoms with Crippen molar-refractivity contribution in [2.75, 3.05) is 13.1 Å². The van der Waals surface area contributed by atoms with Crippen LogP contribution in [0.1, 0.15) is 96.8 Å². The molecular formula is C20H42N2O4. The van der Waals surface area contributed by atoms with E-state index in [0.29, 0.717) is 6.42 Å². The number of nitrogens with two attached hydrogens (primary N) is 2. The molecule has 0 amide bonds. The Balaban J connectivity index is 0. The number of carboxylic acid groups (broad SMARTS) is 2. The van der Waals surface area contributed by atoms with E-state index >= 15 is 0 Å². The molecule has 6 N–H and O–H groups in total. The van der Waals surface area contributed by atoms with Crippen molar-refractivity contribution in [3.05, 3.63) is 0 Å². The molecule has 0 saturated heterocycles. The van der Waals surface area contributed by atoms with Crippen LogP contribution in [-0.4, -0.2) is 35.2 Å². The molecule has 0 aromatic carbocycles. The second-order valence-electron chi connectivity index (χ2n) is 6.84. The van der Waals surface area contributed by atoms with Crippen LogP contribution in [0.2, 0.25) is 0 Å². The second kappa shape index (κ2) is 21.9. The lowest BCUT2D eigenvalue weighted by Gasteiger charge is -2.06. The van der Waals surface area contributed by atoms with E-state index in [4.69, 9.17) is 21.7 Å². The molecule has 0 fully saturated rings. The van der Waals surface area contributed by atoms with Crippen LogP contribution in [0.15, 0.2) is 0 Å². The summed E-state index contributed by atoms with van der Waals surface area (Å²) in [6, 6.07) is 0. The summed E-state index contributed by atoms with van der Waals surface area (Å²) in [6.07, 6.45) is 15.3. The van der Waals surface area contributed by atoms with Gasteiger partial charge >= 0.3 is 11.9 Å². The lowest BCUT2D eigenvalue weighted by molar-refractivity contribution is -0.154. The van der Waals surface area contributed by atoms with Crippen LogP contribution >= 0.6 is 0 Å². The number of carbonyl (C=O) groups is 2. The first-order chi connectivity index (χ1) is 12.5. The third-order valence-corrected chi connectivity index (χ3v) is 4.35. The lowest BCUT2D eigenvalue weighted by atomic mass is 10.00. The number of aliphatic carboxylic acids is 2. The average Bonchev–Trinajstić information content (AvgIpc) is 2.60. The predicted octanol–water partition coefficient (Wildman–Crippen LogP) is 4.16. The molecule has 6 nitrogen and oxygen atoms in total. The number of unbranched alkanes of at least 4 members (excludes halogenated alkanes) is 11. The van der Waals surface area contributed by atoms with Gasteiger partial charge in [0.1, 0.15) is 0 Å². The van der Waals surface area contributed by atoms with Gasteiger partial charge < -0.3 is 21.7 Å². The maximum absolute atomic E-state index is 10.6. The Morgan fingerprint density at radius 3 is 1.35 bits per heavy atom. The molecule has 0 saturated carbocycles. The van der Waals surface area contributed by atoms with Crippen LogP contribution in [0.25, 0.3) is 0 Å². The van der Waals surface area contributed by atoms with Gasteiger partial charge in [0, 0.05) is 0 Å². The summed E-state index contributed by atoms with van der Waals surface area (Å²) in [4.78, 5) is 21.3. The van der Waals surface area contributed by atoms with Gasteiger partial charge in [-0.2, -0.15) is 0 Å². The molecule has 0 radical (unpaired) electrons. The Labute approximate surface area is 159 Å². The smallest absolute Gasteiger partial charge is 0.317 e. The molecule has 6 heteroatoms. The molecule has 0 aliphatic carbocycles. The van der Waals surface area contributed by atoms with Crippen LogP contribution in [0.5, 0.6) is 0 Å². The average molecular weight is 375 g/mol. The lowest BCUT2D eigenvalue weighted by Crippen LogP contribution is -2.23. The summed E-state index contributed by atoms with van der Waals surface area (Å²) in [5.74, 6) is -3.67. The number of hydrogen-bond acceptors (Lipinski definition) is 4. The molecule has 0 aromatic heterocycles. The minimum absolute atomic E-state index is 0.250. The molecule has 0 aliphatic rings. The van der Waals surface area contributed by atoms with E-state index in [1.165, 1.54) is 51.4 Å². The fourth-order valence-electron chi connectivity index (χ4n) is 2.65. The van der Waals surface area contributed by atoms with Gasteiger partial charge in [0.2, 0.25) is 0 Å². The quantitative estimate of drug-likeness (QED) is 0.224. The van der Waals surface area contributed by atoms with E-state index in [1.54, 1.807) is 0 Å². The van der Waals surface area contributed by atoms with Gasteiger partial charge in [-0.1, -0.05) is 77.6 Å². The standard InChI is InChI=1S/C14H26O4.C6H16N2/c1-2-3-4-5-6-7-8-9-10-11-12(13(15)16)14(17)18;7-5-3-1-2-4-6-8/h12H,2-11H2,1H3,(H,15,16)(H,17,18);1-8H2. The Kier molecular flexibility index (Phi) is 22.8. The first kappa shape index (κ1) is 27.1. The number of carboxylic acids is 2. The van der Waals surface area contributed by atoms with Crippen molar-refractivity contribution < 1.29 is 19.8 Å². The molecule has 0 unspecified atom stereocenters. The van der Waals surface area contributed by atoms with Crippen molar-refractivity contribution >= 4 is 11.9 Å². The molecule has 0 heterocycles. The Hall–Kier alpha value is -1.14. The summed E-state index contributed by atoms with van der Waals surface area (Å²) in [7, 11) is 0. The molecular weight excluding hydrogens is 332 g/mol. The third-order valence-electron chi connectivity index (χ3n) is 4.35. The zero-order chi connectivity index (χ0) is 20.0. The highest BCUT2D eigenvalue weighted by atomic mass is 16.4. The number of hydrogen-bond donors (Lipinski definition) is 4. The van der Waals surface area contributed by atoms with E-state index in [9.17, 15) is 9.59 Å². The Morgan fingerprint density at radius 1 is 0.654 bits per heavy atom.